The Morgan fingerprint density at radius 2 is 1.65 bits per heavy atom. The van der Waals surface area contributed by atoms with Crippen molar-refractivity contribution in [3.05, 3.63) is 54.0 Å². The van der Waals surface area contributed by atoms with Gasteiger partial charge in [0.2, 0.25) is 0 Å². The highest BCUT2D eigenvalue weighted by atomic mass is 19.1. The van der Waals surface area contributed by atoms with Crippen LogP contribution in [-0.2, 0) is 0 Å². The van der Waals surface area contributed by atoms with Gasteiger partial charge in [-0.1, -0.05) is 0 Å². The maximum atomic E-state index is 13.0. The number of hydrogen-bond acceptors (Lipinski definition) is 4. The first kappa shape index (κ1) is 16.8. The van der Waals surface area contributed by atoms with Gasteiger partial charge in [0.25, 0.3) is 5.91 Å². The Kier molecular flexibility index (Phi) is 4.73. The number of carbonyl (C=O) groups is 1. The second kappa shape index (κ2) is 7.32. The molecule has 0 radical (unpaired) electrons. The van der Waals surface area contributed by atoms with Crippen molar-refractivity contribution in [1.29, 1.82) is 0 Å². The number of rotatable bonds is 5. The molecule has 2 aromatic rings. The number of nitrogens with one attached hydrogen (secondary N) is 2. The number of amides is 1. The first-order valence-corrected chi connectivity index (χ1v) is 9.21. The molecule has 1 aliphatic carbocycles. The average molecular weight is 354 g/mol. The van der Waals surface area contributed by atoms with Crippen LogP contribution in [-0.4, -0.2) is 41.0 Å². The molecule has 0 atom stereocenters. The summed E-state index contributed by atoms with van der Waals surface area (Å²) < 4.78 is 13.0. The molecule has 26 heavy (non-hydrogen) atoms. The van der Waals surface area contributed by atoms with Crippen LogP contribution in [0.1, 0.15) is 36.0 Å². The van der Waals surface area contributed by atoms with E-state index >= 15 is 0 Å². The molecule has 136 valence electrons. The smallest absolute Gasteiger partial charge is 0.255 e. The number of nitrogens with zero attached hydrogens (tertiary/aromatic N) is 2. The molecule has 1 aromatic heterocycles. The Balaban J connectivity index is 1.29. The number of aromatic nitrogens is 1. The molecule has 2 fully saturated rings. The molecular formula is C20H23FN4O. The normalized spacial score (nSPS) is 17.8. The van der Waals surface area contributed by atoms with Crippen LogP contribution in [0.4, 0.5) is 15.9 Å². The zero-order valence-electron chi connectivity index (χ0n) is 14.6. The number of benzene rings is 1. The standard InChI is InChI=1S/C20H23FN4O/c21-15-2-4-16(5-3-15)23-18-9-11-25(12-10-18)20(26)14-1-8-19(22-13-14)24-17-6-7-17/h1-5,8,13,17-18,23H,6-7,9-12H2,(H,22,24). The summed E-state index contributed by atoms with van der Waals surface area (Å²) in [5.41, 5.74) is 1.55. The van der Waals surface area contributed by atoms with E-state index in [1.165, 1.54) is 25.0 Å². The summed E-state index contributed by atoms with van der Waals surface area (Å²) in [5.74, 6) is 0.643. The van der Waals surface area contributed by atoms with Crippen LogP contribution in [0.25, 0.3) is 0 Å². The molecule has 1 amide bonds. The van der Waals surface area contributed by atoms with Crippen LogP contribution < -0.4 is 10.6 Å². The summed E-state index contributed by atoms with van der Waals surface area (Å²) >= 11 is 0. The van der Waals surface area contributed by atoms with Crippen LogP contribution >= 0.6 is 0 Å². The lowest BCUT2D eigenvalue weighted by molar-refractivity contribution is 0.0718. The zero-order valence-corrected chi connectivity index (χ0v) is 14.6. The maximum Gasteiger partial charge on any atom is 0.255 e. The third kappa shape index (κ3) is 4.12. The molecule has 5 nitrogen and oxygen atoms in total. The number of likely N-dealkylation sites (tertiary alicyclic amines) is 1. The molecule has 2 aliphatic rings. The first-order chi connectivity index (χ1) is 12.7. The highest BCUT2D eigenvalue weighted by molar-refractivity contribution is 5.94. The minimum atomic E-state index is -0.233. The monoisotopic (exact) mass is 354 g/mol. The summed E-state index contributed by atoms with van der Waals surface area (Å²) in [6.07, 6.45) is 5.80. The fourth-order valence-electron chi connectivity index (χ4n) is 3.23. The van der Waals surface area contributed by atoms with E-state index in [1.54, 1.807) is 18.3 Å². The van der Waals surface area contributed by atoms with Crippen LogP contribution in [0.3, 0.4) is 0 Å². The van der Waals surface area contributed by atoms with Gasteiger partial charge in [0.15, 0.2) is 0 Å². The lowest BCUT2D eigenvalue weighted by atomic mass is 10.0. The van der Waals surface area contributed by atoms with Crippen molar-refractivity contribution in [3.8, 4) is 0 Å². The average Bonchev–Trinajstić information content (AvgIpc) is 3.48. The van der Waals surface area contributed by atoms with Gasteiger partial charge in [0.1, 0.15) is 11.6 Å². The molecule has 1 saturated heterocycles. The Labute approximate surface area is 152 Å². The Hall–Kier alpha value is -2.63. The molecule has 6 heteroatoms. The predicted molar refractivity (Wildman–Crippen MR) is 99.8 cm³/mol. The van der Waals surface area contributed by atoms with E-state index in [2.05, 4.69) is 15.6 Å². The minimum Gasteiger partial charge on any atom is -0.382 e. The molecular weight excluding hydrogens is 331 g/mol. The van der Waals surface area contributed by atoms with E-state index in [0.717, 1.165) is 24.3 Å². The molecule has 1 aromatic carbocycles. The van der Waals surface area contributed by atoms with Crippen molar-refractivity contribution in [2.24, 2.45) is 0 Å². The van der Waals surface area contributed by atoms with Gasteiger partial charge in [-0.05, 0) is 62.1 Å². The van der Waals surface area contributed by atoms with Gasteiger partial charge in [-0.15, -0.1) is 0 Å². The lowest BCUT2D eigenvalue weighted by Gasteiger charge is -2.33. The third-order valence-corrected chi connectivity index (χ3v) is 4.94. The highest BCUT2D eigenvalue weighted by Crippen LogP contribution is 2.24. The zero-order chi connectivity index (χ0) is 17.9. The van der Waals surface area contributed by atoms with E-state index in [1.807, 2.05) is 17.0 Å². The van der Waals surface area contributed by atoms with Gasteiger partial charge >= 0.3 is 0 Å². The van der Waals surface area contributed by atoms with Crippen molar-refractivity contribution >= 4 is 17.4 Å². The number of carbonyl (C=O) groups excluding carboxylic acids is 1. The van der Waals surface area contributed by atoms with E-state index in [4.69, 9.17) is 0 Å². The Bertz CT molecular complexity index is 750. The van der Waals surface area contributed by atoms with Crippen LogP contribution in [0.5, 0.6) is 0 Å². The lowest BCUT2D eigenvalue weighted by Crippen LogP contribution is -2.42. The number of piperidine rings is 1. The summed E-state index contributed by atoms with van der Waals surface area (Å²) in [6, 6.07) is 11.0. The fraction of sp³-hybridized carbons (Fsp3) is 0.400. The second-order valence-electron chi connectivity index (χ2n) is 7.07. The van der Waals surface area contributed by atoms with Crippen molar-refractivity contribution in [2.75, 3.05) is 23.7 Å². The van der Waals surface area contributed by atoms with E-state index in [-0.39, 0.29) is 11.7 Å². The van der Waals surface area contributed by atoms with Crippen molar-refractivity contribution < 1.29 is 9.18 Å². The number of halogens is 1. The molecule has 4 rings (SSSR count). The van der Waals surface area contributed by atoms with Gasteiger partial charge in [-0.2, -0.15) is 0 Å². The third-order valence-electron chi connectivity index (χ3n) is 4.94. The van der Waals surface area contributed by atoms with Gasteiger partial charge in [0, 0.05) is 37.1 Å². The summed E-state index contributed by atoms with van der Waals surface area (Å²) in [4.78, 5) is 18.9. The molecule has 2 heterocycles. The molecule has 1 saturated carbocycles. The van der Waals surface area contributed by atoms with Crippen LogP contribution in [0.2, 0.25) is 0 Å². The van der Waals surface area contributed by atoms with Crippen molar-refractivity contribution in [3.63, 3.8) is 0 Å². The SMILES string of the molecule is O=C(c1ccc(NC2CC2)nc1)N1CCC(Nc2ccc(F)cc2)CC1. The molecule has 2 N–H and O–H groups in total. The fourth-order valence-corrected chi connectivity index (χ4v) is 3.23. The first-order valence-electron chi connectivity index (χ1n) is 9.21. The van der Waals surface area contributed by atoms with Gasteiger partial charge in [0.05, 0.1) is 5.56 Å². The predicted octanol–water partition coefficient (Wildman–Crippen LogP) is 3.51. The number of hydrogen-bond donors (Lipinski definition) is 2. The van der Waals surface area contributed by atoms with Gasteiger partial charge in [-0.25, -0.2) is 9.37 Å². The Morgan fingerprint density at radius 3 is 2.27 bits per heavy atom. The number of pyridine rings is 1. The molecule has 0 bridgehead atoms. The molecule has 0 spiro atoms. The summed E-state index contributed by atoms with van der Waals surface area (Å²) in [5, 5.41) is 6.74. The summed E-state index contributed by atoms with van der Waals surface area (Å²) in [6.45, 7) is 1.42. The number of anilines is 2. The maximum absolute atomic E-state index is 13.0. The van der Waals surface area contributed by atoms with E-state index in [9.17, 15) is 9.18 Å². The Morgan fingerprint density at radius 1 is 0.962 bits per heavy atom. The van der Waals surface area contributed by atoms with E-state index in [0.29, 0.717) is 30.7 Å². The van der Waals surface area contributed by atoms with Crippen LogP contribution in [0.15, 0.2) is 42.6 Å². The van der Waals surface area contributed by atoms with Gasteiger partial charge < -0.3 is 15.5 Å². The molecule has 0 unspecified atom stereocenters. The van der Waals surface area contributed by atoms with Crippen LogP contribution in [0, 0.1) is 5.82 Å². The van der Waals surface area contributed by atoms with Crippen molar-refractivity contribution in [2.45, 2.75) is 37.8 Å². The summed E-state index contributed by atoms with van der Waals surface area (Å²) in [7, 11) is 0. The van der Waals surface area contributed by atoms with Crippen molar-refractivity contribution in [1.82, 2.24) is 9.88 Å². The van der Waals surface area contributed by atoms with E-state index < -0.39 is 0 Å². The van der Waals surface area contributed by atoms with Gasteiger partial charge in [-0.3, -0.25) is 4.79 Å². The minimum absolute atomic E-state index is 0.0377. The molecule has 1 aliphatic heterocycles. The second-order valence-corrected chi connectivity index (χ2v) is 7.07. The largest absolute Gasteiger partial charge is 0.382 e. The topological polar surface area (TPSA) is 57.3 Å². The highest BCUT2D eigenvalue weighted by Gasteiger charge is 2.24. The quantitative estimate of drug-likeness (QED) is 0.863.